The molecule has 6 aromatic rings. The summed E-state index contributed by atoms with van der Waals surface area (Å²) in [4.78, 5) is 12.6. The molecule has 1 radical (unpaired) electrons. The third-order valence-corrected chi connectivity index (χ3v) is 5.25. The quantitative estimate of drug-likeness (QED) is 0.199. The van der Waals surface area contributed by atoms with Crippen molar-refractivity contribution in [2.24, 2.45) is 5.73 Å². The Hall–Kier alpha value is -4.51. The Morgan fingerprint density at radius 3 is 1.80 bits per heavy atom. The van der Waals surface area contributed by atoms with Crippen LogP contribution in [-0.4, -0.2) is 41.2 Å². The van der Waals surface area contributed by atoms with Crippen molar-refractivity contribution in [3.05, 3.63) is 133 Å². The van der Waals surface area contributed by atoms with Crippen molar-refractivity contribution in [1.82, 2.24) is 34.5 Å². The Labute approximate surface area is 246 Å². The van der Waals surface area contributed by atoms with Crippen LogP contribution in [0.15, 0.2) is 116 Å². The molecule has 0 atom stereocenters. The van der Waals surface area contributed by atoms with E-state index in [0.717, 1.165) is 28.6 Å². The third kappa shape index (κ3) is 9.05. The summed E-state index contributed by atoms with van der Waals surface area (Å²) >= 11 is 0. The number of ether oxygens (including phenoxy) is 1. The van der Waals surface area contributed by atoms with Crippen LogP contribution in [0.25, 0.3) is 22.9 Å². The summed E-state index contributed by atoms with van der Waals surface area (Å²) in [5.74, 6) is 2.44. The minimum atomic E-state index is 0. The van der Waals surface area contributed by atoms with E-state index in [-0.39, 0.29) is 26.5 Å². The van der Waals surface area contributed by atoms with Gasteiger partial charge < -0.3 is 9.72 Å². The van der Waals surface area contributed by atoms with Crippen molar-refractivity contribution in [2.75, 3.05) is 6.73 Å². The normalized spacial score (nSPS) is 9.78. The zero-order valence-corrected chi connectivity index (χ0v) is 24.7. The number of hydrogen-bond acceptors (Lipinski definition) is 7. The number of pyridine rings is 3. The van der Waals surface area contributed by atoms with Crippen LogP contribution >= 0.6 is 0 Å². The number of hydrogen-bond donors (Lipinski definition) is 1. The van der Waals surface area contributed by atoms with E-state index in [1.807, 2.05) is 93.0 Å². The predicted octanol–water partition coefficient (Wildman–Crippen LogP) is 4.99. The van der Waals surface area contributed by atoms with E-state index < -0.39 is 0 Å². The van der Waals surface area contributed by atoms with E-state index in [1.165, 1.54) is 11.1 Å². The van der Waals surface area contributed by atoms with Crippen LogP contribution in [0.2, 0.25) is 0 Å². The molecular weight excluding hydrogens is 679 g/mol. The second-order valence-corrected chi connectivity index (χ2v) is 8.25. The van der Waals surface area contributed by atoms with E-state index in [4.69, 9.17) is 10.5 Å². The minimum Gasteiger partial charge on any atom is -0.479 e. The Kier molecular flexibility index (Phi) is 11.9. The Morgan fingerprint density at radius 2 is 1.32 bits per heavy atom. The molecule has 0 aliphatic heterocycles. The maximum atomic E-state index is 5.30. The molecule has 40 heavy (non-hydrogen) atoms. The molecule has 10 heteroatoms. The number of aromatic nitrogens is 7. The van der Waals surface area contributed by atoms with Gasteiger partial charge in [-0.05, 0) is 79.2 Å². The third-order valence-electron chi connectivity index (χ3n) is 5.25. The summed E-state index contributed by atoms with van der Waals surface area (Å²) in [5, 5.41) is 8.16. The molecule has 5 heterocycles. The first-order valence-corrected chi connectivity index (χ1v) is 12.2. The average Bonchev–Trinajstić information content (AvgIpc) is 3.70. The Bertz CT molecular complexity index is 1470. The topological polar surface area (TPSA) is 110 Å². The number of nitrogens with two attached hydrogens (primary N) is 1. The van der Waals surface area contributed by atoms with E-state index in [1.54, 1.807) is 46.4 Å². The summed E-state index contributed by atoms with van der Waals surface area (Å²) in [5.41, 5.74) is 9.46. The van der Waals surface area contributed by atoms with Crippen molar-refractivity contribution in [1.29, 1.82) is 0 Å². The van der Waals surface area contributed by atoms with Crippen molar-refractivity contribution < 1.29 is 24.5 Å². The number of nitrogens with zero attached hydrogens (tertiary/aromatic N) is 7. The molecule has 6 rings (SSSR count). The standard InChI is InChI=1S/C12H11N2O.2C9H9N3.Os/c13-9-15-11-6-7-14-12(8-11)10-4-2-1-3-5-10;2*1-8-3-5-10-9(7-8)12-6-2-4-11-12;/h1-4,6-8H,9,13H2;2*2-7H,1H3;/q-1;;;+1. The van der Waals surface area contributed by atoms with Gasteiger partial charge in [0.1, 0.15) is 12.5 Å². The second kappa shape index (κ2) is 15.8. The van der Waals surface area contributed by atoms with Crippen LogP contribution in [0, 0.1) is 19.9 Å². The van der Waals surface area contributed by atoms with Gasteiger partial charge in [0.05, 0.1) is 0 Å². The number of rotatable bonds is 5. The smallest absolute Gasteiger partial charge is 0.479 e. The molecule has 9 nitrogen and oxygen atoms in total. The minimum absolute atomic E-state index is 0. The molecule has 203 valence electrons. The van der Waals surface area contributed by atoms with Gasteiger partial charge >= 0.3 is 19.8 Å². The van der Waals surface area contributed by atoms with Crippen LogP contribution in [0.4, 0.5) is 0 Å². The maximum Gasteiger partial charge on any atom is 1.00 e. The summed E-state index contributed by atoms with van der Waals surface area (Å²) in [6.07, 6.45) is 12.5. The molecule has 1 aromatic carbocycles. The molecule has 0 spiro atoms. The van der Waals surface area contributed by atoms with Crippen LogP contribution < -0.4 is 10.5 Å². The Balaban J connectivity index is 0.000000165. The molecule has 0 aliphatic rings. The summed E-state index contributed by atoms with van der Waals surface area (Å²) in [6.45, 7) is 4.24. The molecule has 0 amide bonds. The maximum absolute atomic E-state index is 5.30. The molecule has 2 N–H and O–H groups in total. The predicted molar refractivity (Wildman–Crippen MR) is 150 cm³/mol. The molecule has 0 bridgehead atoms. The summed E-state index contributed by atoms with van der Waals surface area (Å²) in [7, 11) is 0. The van der Waals surface area contributed by atoms with Gasteiger partial charge in [-0.1, -0.05) is 0 Å². The van der Waals surface area contributed by atoms with Crippen molar-refractivity contribution in [3.63, 3.8) is 0 Å². The van der Waals surface area contributed by atoms with Gasteiger partial charge in [-0.15, -0.1) is 35.9 Å². The summed E-state index contributed by atoms with van der Waals surface area (Å²) < 4.78 is 8.68. The largest absolute Gasteiger partial charge is 1.00 e. The first kappa shape index (κ1) is 30.0. The first-order chi connectivity index (χ1) is 19.1. The van der Waals surface area contributed by atoms with Crippen LogP contribution in [-0.2, 0) is 19.8 Å². The van der Waals surface area contributed by atoms with Crippen molar-refractivity contribution in [3.8, 4) is 28.6 Å². The van der Waals surface area contributed by atoms with E-state index >= 15 is 0 Å². The van der Waals surface area contributed by atoms with E-state index in [0.29, 0.717) is 0 Å². The van der Waals surface area contributed by atoms with Crippen LogP contribution in [0.5, 0.6) is 5.75 Å². The van der Waals surface area contributed by atoms with Gasteiger partial charge in [0.25, 0.3) is 0 Å². The fourth-order valence-corrected chi connectivity index (χ4v) is 3.40. The monoisotopic (exact) mass is 709 g/mol. The first-order valence-electron chi connectivity index (χ1n) is 12.2. The Morgan fingerprint density at radius 1 is 0.725 bits per heavy atom. The van der Waals surface area contributed by atoms with Gasteiger partial charge in [-0.2, -0.15) is 10.2 Å². The fourth-order valence-electron chi connectivity index (χ4n) is 3.40. The molecular formula is C30H29N8OOs. The molecule has 0 fully saturated rings. The van der Waals surface area contributed by atoms with Crippen LogP contribution in [0.3, 0.4) is 0 Å². The van der Waals surface area contributed by atoms with Gasteiger partial charge in [0, 0.05) is 43.4 Å². The number of benzene rings is 1. The van der Waals surface area contributed by atoms with Gasteiger partial charge in [0.2, 0.25) is 0 Å². The SMILES string of the molecule is Cc1ccnc(-n2cccn2)c1.Cc1ccnc(-n2cccn2)c1.NCOc1ccnc(-c2[c-]cccc2)c1.[Os+]. The molecule has 0 aliphatic carbocycles. The molecule has 0 unspecified atom stereocenters. The van der Waals surface area contributed by atoms with Crippen LogP contribution in [0.1, 0.15) is 11.1 Å². The summed E-state index contributed by atoms with van der Waals surface area (Å²) in [6, 6.07) is 26.1. The average molecular weight is 708 g/mol. The van der Waals surface area contributed by atoms with Crippen molar-refractivity contribution >= 4 is 0 Å². The zero-order valence-electron chi connectivity index (χ0n) is 22.1. The number of aryl methyl sites for hydroxylation is 2. The van der Waals surface area contributed by atoms with E-state index in [9.17, 15) is 0 Å². The van der Waals surface area contributed by atoms with Gasteiger partial charge in [-0.3, -0.25) is 5.73 Å². The molecule has 5 aromatic heterocycles. The second-order valence-electron chi connectivity index (χ2n) is 8.25. The molecule has 0 saturated heterocycles. The van der Waals surface area contributed by atoms with Gasteiger partial charge in [-0.25, -0.2) is 19.3 Å². The fraction of sp³-hybridized carbons (Fsp3) is 0.100. The van der Waals surface area contributed by atoms with Crippen molar-refractivity contribution in [2.45, 2.75) is 13.8 Å². The van der Waals surface area contributed by atoms with E-state index in [2.05, 4.69) is 31.2 Å². The zero-order chi connectivity index (χ0) is 27.3. The van der Waals surface area contributed by atoms with Gasteiger partial charge in [0.15, 0.2) is 11.6 Å². The molecule has 0 saturated carbocycles.